The Morgan fingerprint density at radius 1 is 0.938 bits per heavy atom. The molecule has 0 unspecified atom stereocenters. The number of halogens is 1. The van der Waals surface area contributed by atoms with Gasteiger partial charge in [-0.1, -0.05) is 11.2 Å². The number of oxime groups is 1. The lowest BCUT2D eigenvalue weighted by molar-refractivity contribution is -0.145. The molecule has 0 bridgehead atoms. The van der Waals surface area contributed by atoms with Crippen LogP contribution in [-0.2, 0) is 16.2 Å². The summed E-state index contributed by atoms with van der Waals surface area (Å²) in [5.74, 6) is 0.814. The Labute approximate surface area is 186 Å². The van der Waals surface area contributed by atoms with Gasteiger partial charge in [0.2, 0.25) is 0 Å². The van der Waals surface area contributed by atoms with E-state index in [2.05, 4.69) is 5.16 Å². The minimum atomic E-state index is -0.617. The van der Waals surface area contributed by atoms with Gasteiger partial charge in [-0.25, -0.2) is 9.18 Å². The molecule has 0 radical (unpaired) electrons. The van der Waals surface area contributed by atoms with Gasteiger partial charge in [-0.15, -0.1) is 0 Å². The van der Waals surface area contributed by atoms with Crippen LogP contribution in [0.4, 0.5) is 4.39 Å². The SMILES string of the molecule is COc1ccc(/C=N\OC(=O)COc2cc(C)cc(C)c2)cc1COc1ccc(F)cc1. The quantitative estimate of drug-likeness (QED) is 0.268. The molecule has 32 heavy (non-hydrogen) atoms. The third-order valence-electron chi connectivity index (χ3n) is 4.42. The maximum atomic E-state index is 13.0. The molecule has 0 aliphatic rings. The standard InChI is InChI=1S/C25H24FNO5/c1-17-10-18(2)12-23(11-17)31-16-25(28)32-27-14-19-4-9-24(29-3)20(13-19)15-30-22-7-5-21(26)6-8-22/h4-14H,15-16H2,1-3H3/b27-14-. The van der Waals surface area contributed by atoms with Crippen molar-refractivity contribution in [3.05, 3.63) is 88.7 Å². The van der Waals surface area contributed by atoms with E-state index in [4.69, 9.17) is 19.0 Å². The zero-order chi connectivity index (χ0) is 22.9. The number of carbonyl (C=O) groups is 1. The fourth-order valence-corrected chi connectivity index (χ4v) is 3.01. The van der Waals surface area contributed by atoms with E-state index < -0.39 is 5.97 Å². The molecule has 0 N–H and O–H groups in total. The number of benzene rings is 3. The van der Waals surface area contributed by atoms with Gasteiger partial charge in [-0.3, -0.25) is 0 Å². The topological polar surface area (TPSA) is 66.4 Å². The van der Waals surface area contributed by atoms with E-state index in [1.807, 2.05) is 32.0 Å². The van der Waals surface area contributed by atoms with E-state index in [0.717, 1.165) is 16.7 Å². The molecule has 3 rings (SSSR count). The predicted octanol–water partition coefficient (Wildman–Crippen LogP) is 4.99. The van der Waals surface area contributed by atoms with Crippen LogP contribution in [-0.4, -0.2) is 25.9 Å². The summed E-state index contributed by atoms with van der Waals surface area (Å²) in [6, 6.07) is 16.8. The van der Waals surface area contributed by atoms with Crippen molar-refractivity contribution in [3.8, 4) is 17.2 Å². The first-order valence-electron chi connectivity index (χ1n) is 9.92. The number of ether oxygens (including phenoxy) is 3. The number of hydrogen-bond donors (Lipinski definition) is 0. The predicted molar refractivity (Wildman–Crippen MR) is 119 cm³/mol. The Morgan fingerprint density at radius 3 is 2.34 bits per heavy atom. The fourth-order valence-electron chi connectivity index (χ4n) is 3.01. The Morgan fingerprint density at radius 2 is 1.66 bits per heavy atom. The van der Waals surface area contributed by atoms with Gasteiger partial charge >= 0.3 is 5.97 Å². The first-order valence-corrected chi connectivity index (χ1v) is 9.92. The Balaban J connectivity index is 1.55. The van der Waals surface area contributed by atoms with Crippen molar-refractivity contribution in [2.45, 2.75) is 20.5 Å². The van der Waals surface area contributed by atoms with Crippen LogP contribution in [0.3, 0.4) is 0 Å². The van der Waals surface area contributed by atoms with Crippen molar-refractivity contribution in [2.24, 2.45) is 5.16 Å². The van der Waals surface area contributed by atoms with Crippen molar-refractivity contribution in [3.63, 3.8) is 0 Å². The number of hydrogen-bond acceptors (Lipinski definition) is 6. The van der Waals surface area contributed by atoms with Gasteiger partial charge in [0, 0.05) is 5.56 Å². The van der Waals surface area contributed by atoms with Crippen LogP contribution in [0, 0.1) is 19.7 Å². The zero-order valence-corrected chi connectivity index (χ0v) is 18.1. The highest BCUT2D eigenvalue weighted by Crippen LogP contribution is 2.22. The molecular formula is C25H24FNO5. The molecule has 0 fully saturated rings. The van der Waals surface area contributed by atoms with Crippen LogP contribution in [0.15, 0.2) is 65.8 Å². The minimum Gasteiger partial charge on any atom is -0.496 e. The summed E-state index contributed by atoms with van der Waals surface area (Å²) in [7, 11) is 1.56. The van der Waals surface area contributed by atoms with E-state index in [-0.39, 0.29) is 19.0 Å². The second-order valence-electron chi connectivity index (χ2n) is 7.12. The molecule has 0 spiro atoms. The number of aryl methyl sites for hydroxylation is 2. The molecule has 0 aliphatic heterocycles. The summed E-state index contributed by atoms with van der Waals surface area (Å²) >= 11 is 0. The first-order chi connectivity index (χ1) is 15.4. The normalized spacial score (nSPS) is 10.8. The summed E-state index contributed by atoms with van der Waals surface area (Å²) in [4.78, 5) is 16.8. The first kappa shape index (κ1) is 22.8. The van der Waals surface area contributed by atoms with Crippen molar-refractivity contribution in [2.75, 3.05) is 13.7 Å². The number of rotatable bonds is 9. The molecular weight excluding hydrogens is 413 g/mol. The average Bonchev–Trinajstić information content (AvgIpc) is 2.77. The molecule has 0 aliphatic carbocycles. The van der Waals surface area contributed by atoms with E-state index in [9.17, 15) is 9.18 Å². The fraction of sp³-hybridized carbons (Fsp3) is 0.200. The van der Waals surface area contributed by atoms with Gasteiger partial charge in [0.1, 0.15) is 29.7 Å². The Kier molecular flexibility index (Phi) is 7.80. The lowest BCUT2D eigenvalue weighted by Gasteiger charge is -2.11. The van der Waals surface area contributed by atoms with Gasteiger partial charge in [0.25, 0.3) is 0 Å². The van der Waals surface area contributed by atoms with Gasteiger partial charge in [0.15, 0.2) is 6.61 Å². The highest BCUT2D eigenvalue weighted by Gasteiger charge is 2.07. The molecule has 0 saturated heterocycles. The lowest BCUT2D eigenvalue weighted by atomic mass is 10.1. The average molecular weight is 437 g/mol. The number of carbonyl (C=O) groups excluding carboxylic acids is 1. The lowest BCUT2D eigenvalue weighted by Crippen LogP contribution is -2.12. The number of methoxy groups -OCH3 is 1. The molecule has 0 saturated carbocycles. The highest BCUT2D eigenvalue weighted by atomic mass is 19.1. The number of nitrogens with zero attached hydrogens (tertiary/aromatic N) is 1. The molecule has 0 heterocycles. The molecule has 166 valence electrons. The van der Waals surface area contributed by atoms with Crippen LogP contribution in [0.5, 0.6) is 17.2 Å². The van der Waals surface area contributed by atoms with Crippen molar-refractivity contribution in [1.29, 1.82) is 0 Å². The molecule has 6 nitrogen and oxygen atoms in total. The third-order valence-corrected chi connectivity index (χ3v) is 4.42. The molecule has 3 aromatic rings. The maximum absolute atomic E-state index is 13.0. The minimum absolute atomic E-state index is 0.208. The third kappa shape index (κ3) is 6.84. The van der Waals surface area contributed by atoms with Crippen LogP contribution in [0.25, 0.3) is 0 Å². The van der Waals surface area contributed by atoms with Crippen LogP contribution in [0.1, 0.15) is 22.3 Å². The monoisotopic (exact) mass is 437 g/mol. The van der Waals surface area contributed by atoms with Crippen molar-refractivity contribution >= 4 is 12.2 Å². The van der Waals surface area contributed by atoms with E-state index in [0.29, 0.717) is 22.8 Å². The smallest absolute Gasteiger partial charge is 0.372 e. The van der Waals surface area contributed by atoms with Gasteiger partial charge in [0.05, 0.1) is 13.3 Å². The summed E-state index contributed by atoms with van der Waals surface area (Å²) < 4.78 is 29.5. The molecule has 0 atom stereocenters. The summed E-state index contributed by atoms with van der Waals surface area (Å²) in [5, 5.41) is 3.74. The maximum Gasteiger partial charge on any atom is 0.372 e. The van der Waals surface area contributed by atoms with Crippen LogP contribution < -0.4 is 14.2 Å². The summed E-state index contributed by atoms with van der Waals surface area (Å²) in [6.45, 7) is 3.87. The molecule has 3 aromatic carbocycles. The van der Waals surface area contributed by atoms with E-state index in [1.54, 1.807) is 37.4 Å². The van der Waals surface area contributed by atoms with Crippen molar-refractivity contribution in [1.82, 2.24) is 0 Å². The summed E-state index contributed by atoms with van der Waals surface area (Å²) in [6.07, 6.45) is 1.41. The second kappa shape index (κ2) is 10.9. The Bertz CT molecular complexity index is 1080. The molecule has 7 heteroatoms. The zero-order valence-electron chi connectivity index (χ0n) is 18.1. The highest BCUT2D eigenvalue weighted by molar-refractivity contribution is 5.81. The van der Waals surface area contributed by atoms with Gasteiger partial charge in [-0.05, 0) is 85.1 Å². The molecule has 0 amide bonds. The second-order valence-corrected chi connectivity index (χ2v) is 7.12. The summed E-state index contributed by atoms with van der Waals surface area (Å²) in [5.41, 5.74) is 3.53. The van der Waals surface area contributed by atoms with Gasteiger partial charge < -0.3 is 19.0 Å². The Hall–Kier alpha value is -3.87. The van der Waals surface area contributed by atoms with Crippen LogP contribution >= 0.6 is 0 Å². The van der Waals surface area contributed by atoms with Gasteiger partial charge in [-0.2, -0.15) is 0 Å². The van der Waals surface area contributed by atoms with Crippen molar-refractivity contribution < 1.29 is 28.2 Å². The van der Waals surface area contributed by atoms with E-state index in [1.165, 1.54) is 18.3 Å². The van der Waals surface area contributed by atoms with Crippen LogP contribution in [0.2, 0.25) is 0 Å². The largest absolute Gasteiger partial charge is 0.496 e. The molecule has 0 aromatic heterocycles. The van der Waals surface area contributed by atoms with E-state index >= 15 is 0 Å².